The molecule has 0 spiro atoms. The maximum atomic E-state index is 14.0. The Kier molecular flexibility index (Phi) is 6.78. The fourth-order valence-corrected chi connectivity index (χ4v) is 2.21. The van der Waals surface area contributed by atoms with Crippen LogP contribution in [0.25, 0.3) is 5.70 Å². The van der Waals surface area contributed by atoms with Crippen LogP contribution < -0.4 is 22.5 Å². The van der Waals surface area contributed by atoms with Crippen LogP contribution >= 0.6 is 11.6 Å². The minimum atomic E-state index is -2.73. The van der Waals surface area contributed by atoms with E-state index >= 15 is 0 Å². The fourth-order valence-electron chi connectivity index (χ4n) is 2.03. The molecule has 0 aliphatic carbocycles. The zero-order chi connectivity index (χ0) is 20.0. The molecule has 1 heterocycles. The monoisotopic (exact) mass is 399 g/mol. The quantitative estimate of drug-likeness (QED) is 0.420. The first-order chi connectivity index (χ1) is 12.8. The van der Waals surface area contributed by atoms with Crippen LogP contribution in [0.5, 0.6) is 0 Å². The molecule has 0 unspecified atom stereocenters. The first-order valence-electron chi connectivity index (χ1n) is 7.58. The highest BCUT2D eigenvalue weighted by molar-refractivity contribution is 6.30. The van der Waals surface area contributed by atoms with Gasteiger partial charge in [0.25, 0.3) is 6.43 Å². The van der Waals surface area contributed by atoms with Gasteiger partial charge in [0.15, 0.2) is 6.61 Å². The Hall–Kier alpha value is -3.07. The summed E-state index contributed by atoms with van der Waals surface area (Å²) in [6.45, 7) is -0.922. The van der Waals surface area contributed by atoms with Crippen molar-refractivity contribution in [3.8, 4) is 0 Å². The first-order valence-corrected chi connectivity index (χ1v) is 7.96. The van der Waals surface area contributed by atoms with E-state index in [-0.39, 0.29) is 33.7 Å². The number of rotatable bonds is 7. The molecule has 2 aromatic rings. The van der Waals surface area contributed by atoms with E-state index in [0.717, 1.165) is 6.07 Å². The van der Waals surface area contributed by atoms with Crippen LogP contribution in [0.1, 0.15) is 5.56 Å². The van der Waals surface area contributed by atoms with Crippen LogP contribution in [0, 0.1) is 5.82 Å². The minimum Gasteiger partial charge on any atom is -0.472 e. The molecule has 0 radical (unpaired) electrons. The number of nitrogen functional groups attached to an aromatic ring is 1. The topological polar surface area (TPSA) is 112 Å². The van der Waals surface area contributed by atoms with E-state index in [1.54, 1.807) is 6.07 Å². The molecule has 27 heavy (non-hydrogen) atoms. The second-order valence-corrected chi connectivity index (χ2v) is 5.73. The SMILES string of the molecule is N/C(=C\C(Nc1ccnc(N)c1)=C(/N)OCC(F)F)c1cc(Cl)ccc1F. The van der Waals surface area contributed by atoms with Crippen molar-refractivity contribution in [3.05, 3.63) is 70.6 Å². The summed E-state index contributed by atoms with van der Waals surface area (Å²) in [6, 6.07) is 6.87. The van der Waals surface area contributed by atoms with E-state index in [1.807, 2.05) is 0 Å². The molecule has 6 nitrogen and oxygen atoms in total. The Labute approximate surface area is 158 Å². The average Bonchev–Trinajstić information content (AvgIpc) is 2.61. The van der Waals surface area contributed by atoms with Gasteiger partial charge in [-0.1, -0.05) is 11.6 Å². The van der Waals surface area contributed by atoms with Crippen molar-refractivity contribution in [1.82, 2.24) is 4.98 Å². The number of pyridine rings is 1. The molecule has 1 aromatic carbocycles. The van der Waals surface area contributed by atoms with Gasteiger partial charge in [-0.3, -0.25) is 0 Å². The number of anilines is 2. The predicted octanol–water partition coefficient (Wildman–Crippen LogP) is 3.28. The molecule has 0 aliphatic rings. The van der Waals surface area contributed by atoms with E-state index in [4.69, 9.17) is 33.5 Å². The smallest absolute Gasteiger partial charge is 0.272 e. The lowest BCUT2D eigenvalue weighted by Gasteiger charge is -2.14. The lowest BCUT2D eigenvalue weighted by atomic mass is 10.1. The van der Waals surface area contributed by atoms with Crippen LogP contribution in [-0.4, -0.2) is 18.0 Å². The third kappa shape index (κ3) is 6.00. The highest BCUT2D eigenvalue weighted by Gasteiger charge is 2.12. The predicted molar refractivity (Wildman–Crippen MR) is 99.0 cm³/mol. The number of alkyl halides is 2. The highest BCUT2D eigenvalue weighted by Crippen LogP contribution is 2.22. The van der Waals surface area contributed by atoms with Crippen LogP contribution in [0.4, 0.5) is 24.7 Å². The number of nitrogens with two attached hydrogens (primary N) is 3. The van der Waals surface area contributed by atoms with E-state index in [9.17, 15) is 13.2 Å². The Balaban J connectivity index is 2.41. The Morgan fingerprint density at radius 3 is 2.67 bits per heavy atom. The summed E-state index contributed by atoms with van der Waals surface area (Å²) in [5.41, 5.74) is 17.7. The molecule has 0 bridgehead atoms. The summed E-state index contributed by atoms with van der Waals surface area (Å²) in [7, 11) is 0. The van der Waals surface area contributed by atoms with Gasteiger partial charge in [0, 0.05) is 34.2 Å². The summed E-state index contributed by atoms with van der Waals surface area (Å²) in [5.74, 6) is -0.770. The minimum absolute atomic E-state index is 0.0118. The average molecular weight is 400 g/mol. The normalized spacial score (nSPS) is 12.7. The van der Waals surface area contributed by atoms with E-state index < -0.39 is 18.8 Å². The van der Waals surface area contributed by atoms with Crippen molar-refractivity contribution in [2.24, 2.45) is 11.5 Å². The molecule has 7 N–H and O–H groups in total. The maximum absolute atomic E-state index is 14.0. The molecular weight excluding hydrogens is 383 g/mol. The molecule has 1 aromatic heterocycles. The second-order valence-electron chi connectivity index (χ2n) is 5.30. The molecule has 0 saturated carbocycles. The van der Waals surface area contributed by atoms with Gasteiger partial charge in [-0.2, -0.15) is 0 Å². The molecule has 0 atom stereocenters. The van der Waals surface area contributed by atoms with Crippen molar-refractivity contribution >= 4 is 28.8 Å². The molecule has 10 heteroatoms. The van der Waals surface area contributed by atoms with Crippen molar-refractivity contribution < 1.29 is 17.9 Å². The molecule has 0 amide bonds. The van der Waals surface area contributed by atoms with Crippen molar-refractivity contribution in [3.63, 3.8) is 0 Å². The van der Waals surface area contributed by atoms with Gasteiger partial charge in [-0.25, -0.2) is 18.2 Å². The van der Waals surface area contributed by atoms with Crippen molar-refractivity contribution in [2.45, 2.75) is 6.43 Å². The molecule has 0 aliphatic heterocycles. The van der Waals surface area contributed by atoms with Crippen LogP contribution in [0.3, 0.4) is 0 Å². The van der Waals surface area contributed by atoms with Crippen LogP contribution in [-0.2, 0) is 4.74 Å². The van der Waals surface area contributed by atoms with Crippen LogP contribution in [0.15, 0.2) is 54.2 Å². The standard InChI is InChI=1S/C17H17ClF3N5O/c18-9-1-2-12(19)11(5-9)13(22)7-14(17(24)27-8-15(20)21)26-10-3-4-25-16(23)6-10/h1-7,15H,8,22,24H2,(H3,23,25,26)/b13-7-,17-14-. The summed E-state index contributed by atoms with van der Waals surface area (Å²) < 4.78 is 43.7. The number of hydrogen-bond donors (Lipinski definition) is 4. The molecule has 2 rings (SSSR count). The van der Waals surface area contributed by atoms with E-state index in [1.165, 1.54) is 30.5 Å². The number of benzene rings is 1. The van der Waals surface area contributed by atoms with Gasteiger partial charge < -0.3 is 27.3 Å². The summed E-state index contributed by atoms with van der Waals surface area (Å²) in [5, 5.41) is 3.10. The largest absolute Gasteiger partial charge is 0.472 e. The molecule has 0 fully saturated rings. The Morgan fingerprint density at radius 2 is 2.00 bits per heavy atom. The molecule has 144 valence electrons. The highest BCUT2D eigenvalue weighted by atomic mass is 35.5. The number of ether oxygens (including phenoxy) is 1. The summed E-state index contributed by atoms with van der Waals surface area (Å²) in [4.78, 5) is 3.84. The van der Waals surface area contributed by atoms with E-state index in [2.05, 4.69) is 10.3 Å². The molecule has 0 saturated heterocycles. The number of allylic oxidation sites excluding steroid dienone is 1. The third-order valence-corrected chi connectivity index (χ3v) is 3.46. The number of aromatic nitrogens is 1. The third-order valence-electron chi connectivity index (χ3n) is 3.23. The second kappa shape index (κ2) is 9.04. The van der Waals surface area contributed by atoms with Gasteiger partial charge >= 0.3 is 0 Å². The van der Waals surface area contributed by atoms with Crippen molar-refractivity contribution in [1.29, 1.82) is 0 Å². The van der Waals surface area contributed by atoms with Gasteiger partial charge in [-0.15, -0.1) is 0 Å². The molecular formula is C17H17ClF3N5O. The van der Waals surface area contributed by atoms with Gasteiger partial charge in [0.05, 0.1) is 0 Å². The van der Waals surface area contributed by atoms with E-state index in [0.29, 0.717) is 5.69 Å². The van der Waals surface area contributed by atoms with Gasteiger partial charge in [-0.05, 0) is 30.3 Å². The number of nitrogens with zero attached hydrogens (tertiary/aromatic N) is 1. The maximum Gasteiger partial charge on any atom is 0.272 e. The van der Waals surface area contributed by atoms with Crippen molar-refractivity contribution in [2.75, 3.05) is 17.7 Å². The van der Waals surface area contributed by atoms with Gasteiger partial charge in [0.2, 0.25) is 5.88 Å². The zero-order valence-electron chi connectivity index (χ0n) is 13.9. The Bertz CT molecular complexity index is 873. The fraction of sp³-hybridized carbons (Fsp3) is 0.118. The summed E-state index contributed by atoms with van der Waals surface area (Å²) in [6.07, 6.45) is -0.0606. The summed E-state index contributed by atoms with van der Waals surface area (Å²) >= 11 is 5.86. The zero-order valence-corrected chi connectivity index (χ0v) is 14.7. The lowest BCUT2D eigenvalue weighted by molar-refractivity contribution is 0.0472. The van der Waals surface area contributed by atoms with Crippen LogP contribution in [0.2, 0.25) is 5.02 Å². The number of nitrogens with one attached hydrogen (secondary N) is 1. The lowest BCUT2D eigenvalue weighted by Crippen LogP contribution is -2.16. The number of hydrogen-bond acceptors (Lipinski definition) is 6. The first kappa shape index (κ1) is 20.2. The van der Waals surface area contributed by atoms with Gasteiger partial charge in [0.1, 0.15) is 17.3 Å². The number of halogens is 4. The Morgan fingerprint density at radius 1 is 1.26 bits per heavy atom.